The van der Waals surface area contributed by atoms with Gasteiger partial charge in [-0.25, -0.2) is 0 Å². The fraction of sp³-hybridized carbons (Fsp3) is 0.600. The monoisotopic (exact) mass is 259 g/mol. The minimum Gasteiger partial charge on any atom is -0.396 e. The van der Waals surface area contributed by atoms with Crippen LogP contribution in [-0.4, -0.2) is 22.6 Å². The Morgan fingerprint density at radius 3 is 2.81 bits per heavy atom. The Bertz CT molecular complexity index is 361. The van der Waals surface area contributed by atoms with Crippen molar-refractivity contribution >= 4 is 28.1 Å². The summed E-state index contributed by atoms with van der Waals surface area (Å²) in [5.74, 6) is 0. The van der Waals surface area contributed by atoms with E-state index in [1.54, 1.807) is 0 Å². The van der Waals surface area contributed by atoms with Crippen LogP contribution in [0.3, 0.4) is 0 Å². The number of anilines is 1. The van der Waals surface area contributed by atoms with Crippen LogP contribution in [0.5, 0.6) is 0 Å². The van der Waals surface area contributed by atoms with Crippen LogP contribution in [0.4, 0.5) is 5.00 Å². The molecule has 0 unspecified atom stereocenters. The summed E-state index contributed by atoms with van der Waals surface area (Å²) in [5, 5.41) is 21.6. The molecule has 0 radical (unpaired) electrons. The Morgan fingerprint density at radius 2 is 2.12 bits per heavy atom. The molecule has 1 heterocycles. The van der Waals surface area contributed by atoms with Crippen molar-refractivity contribution in [3.05, 3.63) is 10.7 Å². The molecular formula is C10H14ClN3OS. The molecule has 0 saturated carbocycles. The summed E-state index contributed by atoms with van der Waals surface area (Å²) in [6.45, 7) is 1.06. The highest BCUT2D eigenvalue weighted by atomic mass is 35.5. The van der Waals surface area contributed by atoms with Gasteiger partial charge in [-0.05, 0) is 24.4 Å². The third kappa shape index (κ3) is 3.97. The average molecular weight is 260 g/mol. The zero-order valence-electron chi connectivity index (χ0n) is 8.87. The Kier molecular flexibility index (Phi) is 6.16. The lowest BCUT2D eigenvalue weighted by Crippen LogP contribution is -2.01. The molecule has 0 amide bonds. The molecule has 0 fully saturated rings. The van der Waals surface area contributed by atoms with Gasteiger partial charge in [0.05, 0.1) is 0 Å². The van der Waals surface area contributed by atoms with Crippen molar-refractivity contribution in [3.63, 3.8) is 0 Å². The maximum absolute atomic E-state index is 8.83. The summed E-state index contributed by atoms with van der Waals surface area (Å²) in [6.07, 6.45) is 3.98. The van der Waals surface area contributed by atoms with Crippen molar-refractivity contribution < 1.29 is 5.11 Å². The fourth-order valence-electron chi connectivity index (χ4n) is 1.28. The number of unbranched alkanes of at least 4 members (excludes halogenated alkanes) is 3. The number of aliphatic hydroxyl groups is 1. The molecular weight excluding hydrogens is 246 g/mol. The van der Waals surface area contributed by atoms with Gasteiger partial charge in [-0.2, -0.15) is 9.64 Å². The molecule has 0 aromatic carbocycles. The van der Waals surface area contributed by atoms with Crippen LogP contribution in [0.1, 0.15) is 31.2 Å². The summed E-state index contributed by atoms with van der Waals surface area (Å²) in [4.78, 5) is 0. The maximum Gasteiger partial charge on any atom is 0.162 e. The van der Waals surface area contributed by atoms with Crippen molar-refractivity contribution in [2.45, 2.75) is 25.7 Å². The van der Waals surface area contributed by atoms with E-state index in [0.29, 0.717) is 5.56 Å². The van der Waals surface area contributed by atoms with Crippen LogP contribution in [0.2, 0.25) is 5.15 Å². The van der Waals surface area contributed by atoms with E-state index in [1.807, 2.05) is 6.07 Å². The van der Waals surface area contributed by atoms with E-state index in [2.05, 4.69) is 9.69 Å². The molecule has 4 nitrogen and oxygen atoms in total. The average Bonchev–Trinajstić information content (AvgIpc) is 2.64. The van der Waals surface area contributed by atoms with Crippen LogP contribution in [0, 0.1) is 11.3 Å². The van der Waals surface area contributed by atoms with E-state index < -0.39 is 0 Å². The summed E-state index contributed by atoms with van der Waals surface area (Å²) < 4.78 is 3.90. The Labute approximate surface area is 104 Å². The molecule has 1 aromatic rings. The summed E-state index contributed by atoms with van der Waals surface area (Å²) in [6, 6.07) is 2.03. The highest BCUT2D eigenvalue weighted by Crippen LogP contribution is 2.27. The van der Waals surface area contributed by atoms with Gasteiger partial charge in [0.25, 0.3) is 0 Å². The SMILES string of the molecule is N#Cc1c(Cl)nsc1NCCCCCCO. The first kappa shape index (κ1) is 13.2. The number of rotatable bonds is 7. The maximum atomic E-state index is 8.83. The third-order valence-electron chi connectivity index (χ3n) is 2.13. The zero-order valence-corrected chi connectivity index (χ0v) is 10.4. The predicted octanol–water partition coefficient (Wildman–Crippen LogP) is 2.63. The second kappa shape index (κ2) is 7.44. The number of aromatic nitrogens is 1. The topological polar surface area (TPSA) is 68.9 Å². The molecule has 0 bridgehead atoms. The van der Waals surface area contributed by atoms with Gasteiger partial charge in [0, 0.05) is 13.2 Å². The molecule has 88 valence electrons. The molecule has 0 atom stereocenters. The number of nitrogens with one attached hydrogen (secondary N) is 1. The number of hydrogen-bond acceptors (Lipinski definition) is 5. The lowest BCUT2D eigenvalue weighted by molar-refractivity contribution is 0.283. The van der Waals surface area contributed by atoms with Crippen LogP contribution < -0.4 is 5.32 Å². The summed E-state index contributed by atoms with van der Waals surface area (Å²) in [5.41, 5.74) is 0.432. The largest absolute Gasteiger partial charge is 0.396 e. The van der Waals surface area contributed by atoms with Crippen molar-refractivity contribution in [2.75, 3.05) is 18.5 Å². The molecule has 0 saturated heterocycles. The first-order valence-corrected chi connectivity index (χ1v) is 6.34. The van der Waals surface area contributed by atoms with Crippen molar-refractivity contribution in [2.24, 2.45) is 0 Å². The lowest BCUT2D eigenvalue weighted by atomic mass is 10.2. The molecule has 1 aromatic heterocycles. The van der Waals surface area contributed by atoms with Gasteiger partial charge in [-0.1, -0.05) is 24.4 Å². The molecule has 1 rings (SSSR count). The number of aliphatic hydroxyl groups excluding tert-OH is 1. The van der Waals surface area contributed by atoms with E-state index >= 15 is 0 Å². The Morgan fingerprint density at radius 1 is 1.38 bits per heavy atom. The lowest BCUT2D eigenvalue weighted by Gasteiger charge is -2.02. The molecule has 2 N–H and O–H groups in total. The van der Waals surface area contributed by atoms with Crippen molar-refractivity contribution in [1.29, 1.82) is 5.26 Å². The molecule has 0 spiro atoms. The molecule has 0 aliphatic carbocycles. The quantitative estimate of drug-likeness (QED) is 0.739. The molecule has 0 aliphatic rings. The third-order valence-corrected chi connectivity index (χ3v) is 3.31. The second-order valence-electron chi connectivity index (χ2n) is 3.35. The standard InChI is InChI=1S/C10H14ClN3OS/c11-9-8(7-12)10(16-14-9)13-5-3-1-2-4-6-15/h13,15H,1-6H2. The van der Waals surface area contributed by atoms with Crippen LogP contribution >= 0.6 is 23.1 Å². The molecule has 16 heavy (non-hydrogen) atoms. The van der Waals surface area contributed by atoms with Gasteiger partial charge in [0.2, 0.25) is 0 Å². The number of halogens is 1. The number of hydrogen-bond donors (Lipinski definition) is 2. The van der Waals surface area contributed by atoms with Gasteiger partial charge in [-0.3, -0.25) is 0 Å². The minimum absolute atomic E-state index is 0.260. The van der Waals surface area contributed by atoms with E-state index in [1.165, 1.54) is 11.5 Å². The highest BCUT2D eigenvalue weighted by molar-refractivity contribution is 7.10. The van der Waals surface area contributed by atoms with E-state index in [0.717, 1.165) is 37.2 Å². The summed E-state index contributed by atoms with van der Waals surface area (Å²) >= 11 is 6.95. The Balaban J connectivity index is 2.25. The number of nitriles is 1. The zero-order chi connectivity index (χ0) is 11.8. The molecule has 0 aliphatic heterocycles. The van der Waals surface area contributed by atoms with E-state index in [-0.39, 0.29) is 11.8 Å². The van der Waals surface area contributed by atoms with Crippen molar-refractivity contribution in [3.8, 4) is 6.07 Å². The first-order chi connectivity index (χ1) is 7.79. The van der Waals surface area contributed by atoms with E-state index in [9.17, 15) is 0 Å². The predicted molar refractivity (Wildman–Crippen MR) is 65.9 cm³/mol. The highest BCUT2D eigenvalue weighted by Gasteiger charge is 2.10. The van der Waals surface area contributed by atoms with Gasteiger partial charge >= 0.3 is 0 Å². The molecule has 6 heteroatoms. The van der Waals surface area contributed by atoms with Gasteiger partial charge in [0.1, 0.15) is 16.6 Å². The fourth-order valence-corrected chi connectivity index (χ4v) is 2.24. The summed E-state index contributed by atoms with van der Waals surface area (Å²) in [7, 11) is 0. The number of nitrogens with zero attached hydrogens (tertiary/aromatic N) is 2. The van der Waals surface area contributed by atoms with Crippen molar-refractivity contribution in [1.82, 2.24) is 4.37 Å². The normalized spacial score (nSPS) is 10.1. The van der Waals surface area contributed by atoms with Gasteiger partial charge in [-0.15, -0.1) is 0 Å². The van der Waals surface area contributed by atoms with Gasteiger partial charge in [0.15, 0.2) is 5.15 Å². The Hall–Kier alpha value is -0.830. The minimum atomic E-state index is 0.260. The van der Waals surface area contributed by atoms with Crippen LogP contribution in [-0.2, 0) is 0 Å². The van der Waals surface area contributed by atoms with E-state index in [4.69, 9.17) is 22.0 Å². The second-order valence-corrected chi connectivity index (χ2v) is 4.49. The smallest absolute Gasteiger partial charge is 0.162 e. The van der Waals surface area contributed by atoms with Gasteiger partial charge < -0.3 is 10.4 Å². The van der Waals surface area contributed by atoms with Crippen LogP contribution in [0.25, 0.3) is 0 Å². The first-order valence-electron chi connectivity index (χ1n) is 5.19. The van der Waals surface area contributed by atoms with Crippen LogP contribution in [0.15, 0.2) is 0 Å².